The van der Waals surface area contributed by atoms with Crippen molar-refractivity contribution in [2.45, 2.75) is 28.4 Å². The van der Waals surface area contributed by atoms with Gasteiger partial charge in [-0.1, -0.05) is 42.5 Å². The van der Waals surface area contributed by atoms with Crippen molar-refractivity contribution in [1.82, 2.24) is 0 Å². The summed E-state index contributed by atoms with van der Waals surface area (Å²) in [6.07, 6.45) is 7.24. The number of fused-ring (bicyclic) bond motifs is 3. The van der Waals surface area contributed by atoms with E-state index in [9.17, 15) is 19.2 Å². The van der Waals surface area contributed by atoms with E-state index in [0.717, 1.165) is 20.2 Å². The molecule has 0 spiro atoms. The first kappa shape index (κ1) is 25.0. The number of carbonyl (C=O) groups is 4. The van der Waals surface area contributed by atoms with Crippen LogP contribution in [0.2, 0.25) is 0 Å². The molecule has 7 rings (SSSR count). The highest BCUT2D eigenvalue weighted by molar-refractivity contribution is 8.16. The van der Waals surface area contributed by atoms with Gasteiger partial charge in [-0.25, -0.2) is 4.79 Å². The fourth-order valence-electron chi connectivity index (χ4n) is 6.95. The quantitative estimate of drug-likeness (QED) is 0.300. The Morgan fingerprint density at radius 3 is 2.62 bits per heavy atom. The van der Waals surface area contributed by atoms with Gasteiger partial charge in [-0.2, -0.15) is 0 Å². The second-order valence-electron chi connectivity index (χ2n) is 10.5. The average molecular weight is 559 g/mol. The monoisotopic (exact) mass is 558 g/mol. The molecule has 8 nitrogen and oxygen atoms in total. The van der Waals surface area contributed by atoms with E-state index < -0.39 is 52.4 Å². The van der Waals surface area contributed by atoms with Gasteiger partial charge in [0.05, 0.1) is 24.9 Å². The van der Waals surface area contributed by atoms with E-state index in [1.807, 2.05) is 60.7 Å². The largest absolute Gasteiger partial charge is 0.482 e. The fourth-order valence-corrected chi connectivity index (χ4v) is 9.39. The molecule has 2 heterocycles. The summed E-state index contributed by atoms with van der Waals surface area (Å²) in [5.74, 6) is -2.75. The van der Waals surface area contributed by atoms with Crippen molar-refractivity contribution in [3.63, 3.8) is 0 Å². The van der Waals surface area contributed by atoms with Gasteiger partial charge < -0.3 is 18.9 Å². The number of benzene rings is 2. The predicted molar refractivity (Wildman–Crippen MR) is 144 cm³/mol. The van der Waals surface area contributed by atoms with E-state index in [0.29, 0.717) is 12.2 Å². The molecule has 2 aromatic rings. The summed E-state index contributed by atoms with van der Waals surface area (Å²) in [5.41, 5.74) is 0.747. The second kappa shape index (κ2) is 9.59. The van der Waals surface area contributed by atoms with Crippen molar-refractivity contribution in [3.8, 4) is 5.75 Å². The number of hydrogen-bond acceptors (Lipinski definition) is 8. The minimum Gasteiger partial charge on any atom is -0.482 e. The Balaban J connectivity index is 1.05. The van der Waals surface area contributed by atoms with Crippen LogP contribution in [0.5, 0.6) is 5.75 Å². The van der Waals surface area contributed by atoms with Crippen LogP contribution in [-0.4, -0.2) is 54.5 Å². The molecule has 2 bridgehead atoms. The molecule has 0 amide bonds. The Hall–Kier alpha value is -3.98. The van der Waals surface area contributed by atoms with Crippen LogP contribution < -0.4 is 4.74 Å². The van der Waals surface area contributed by atoms with Crippen LogP contribution in [0.3, 0.4) is 0 Å². The van der Waals surface area contributed by atoms with Crippen molar-refractivity contribution in [2.24, 2.45) is 29.6 Å². The number of ketones is 1. The lowest BCUT2D eigenvalue weighted by Crippen LogP contribution is -2.44. The molecule has 2 aromatic carbocycles. The third-order valence-corrected chi connectivity index (χ3v) is 11.0. The third-order valence-electron chi connectivity index (χ3n) is 8.58. The lowest BCUT2D eigenvalue weighted by atomic mass is 9.78. The van der Waals surface area contributed by atoms with Crippen molar-refractivity contribution < 1.29 is 38.1 Å². The van der Waals surface area contributed by atoms with Crippen molar-refractivity contribution in [2.75, 3.05) is 13.7 Å². The highest BCUT2D eigenvalue weighted by Gasteiger charge is 2.70. The topological polar surface area (TPSA) is 105 Å². The molecule has 8 unspecified atom stereocenters. The molecule has 5 aliphatic rings. The van der Waals surface area contributed by atoms with E-state index in [2.05, 4.69) is 0 Å². The lowest BCUT2D eigenvalue weighted by molar-refractivity contribution is -0.166. The standard InChI is InChI=1S/C31H26O8S/c1-36-30(34)25-20-14-21-26(25)31(35)39-29(21)28(20)38-24(32)15-37-16-10-12-17(13-11-16)40-22-8-4-2-6-18(22)27(33)19-7-3-5-9-23(19)40/h2-13,18,20-21,25-26,28-29H,14-15H2,1H3. The first-order valence-corrected chi connectivity index (χ1v) is 14.5. The molecule has 40 heavy (non-hydrogen) atoms. The normalized spacial score (nSPS) is 32.4. The fraction of sp³-hybridized carbons (Fsp3) is 0.323. The van der Waals surface area contributed by atoms with Gasteiger partial charge >= 0.3 is 17.9 Å². The Kier molecular flexibility index (Phi) is 6.00. The number of ether oxygens (including phenoxy) is 4. The van der Waals surface area contributed by atoms with Crippen molar-refractivity contribution in [1.29, 1.82) is 0 Å². The summed E-state index contributed by atoms with van der Waals surface area (Å²) in [4.78, 5) is 53.7. The van der Waals surface area contributed by atoms with E-state index >= 15 is 0 Å². The minimum atomic E-state index is -0.687. The molecular weight excluding hydrogens is 532 g/mol. The maximum absolute atomic E-state index is 13.1. The summed E-state index contributed by atoms with van der Waals surface area (Å²) >= 11 is 0. The number of methoxy groups -OCH3 is 1. The van der Waals surface area contributed by atoms with Crippen molar-refractivity contribution >= 4 is 39.0 Å². The van der Waals surface area contributed by atoms with E-state index in [1.165, 1.54) is 7.11 Å². The van der Waals surface area contributed by atoms with Crippen LogP contribution >= 0.6 is 10.5 Å². The number of Topliss-reactive ketones (excluding diaryl/α,β-unsaturated/α-hetero) is 1. The number of allylic oxidation sites excluding steroid dienone is 4. The van der Waals surface area contributed by atoms with E-state index in [1.54, 1.807) is 12.1 Å². The zero-order valence-corrected chi connectivity index (χ0v) is 22.4. The number of rotatable bonds is 6. The maximum atomic E-state index is 13.1. The summed E-state index contributed by atoms with van der Waals surface area (Å²) < 4.78 is 21.8. The van der Waals surface area contributed by atoms with Gasteiger partial charge in [0.25, 0.3) is 0 Å². The first-order valence-electron chi connectivity index (χ1n) is 13.3. The highest BCUT2D eigenvalue weighted by Crippen LogP contribution is 2.59. The lowest BCUT2D eigenvalue weighted by Gasteiger charge is -2.29. The second-order valence-corrected chi connectivity index (χ2v) is 12.5. The third kappa shape index (κ3) is 3.78. The first-order chi connectivity index (χ1) is 19.5. The van der Waals surface area contributed by atoms with E-state index in [4.69, 9.17) is 18.9 Å². The van der Waals surface area contributed by atoms with Crippen LogP contribution in [-0.2, 0) is 28.6 Å². The average Bonchev–Trinajstić information content (AvgIpc) is 3.61. The maximum Gasteiger partial charge on any atom is 0.344 e. The van der Waals surface area contributed by atoms with Crippen LogP contribution in [0.15, 0.2) is 82.6 Å². The zero-order chi connectivity index (χ0) is 27.5. The molecule has 8 atom stereocenters. The molecule has 9 heteroatoms. The molecule has 0 aromatic heterocycles. The summed E-state index contributed by atoms with van der Waals surface area (Å²) in [5, 5.41) is 0. The predicted octanol–water partition coefficient (Wildman–Crippen LogP) is 3.76. The zero-order valence-electron chi connectivity index (χ0n) is 21.6. The Morgan fingerprint density at radius 1 is 1.02 bits per heavy atom. The molecule has 204 valence electrons. The van der Waals surface area contributed by atoms with Gasteiger partial charge in [0, 0.05) is 27.2 Å². The van der Waals surface area contributed by atoms with Crippen molar-refractivity contribution in [3.05, 3.63) is 78.4 Å². The van der Waals surface area contributed by atoms with Crippen LogP contribution in [0.25, 0.3) is 0 Å². The molecule has 0 radical (unpaired) electrons. The molecule has 1 saturated heterocycles. The molecule has 0 N–H and O–H groups in total. The highest BCUT2D eigenvalue weighted by atomic mass is 32.2. The smallest absolute Gasteiger partial charge is 0.344 e. The summed E-state index contributed by atoms with van der Waals surface area (Å²) in [7, 11) is 0.864. The van der Waals surface area contributed by atoms with Crippen LogP contribution in [0.4, 0.5) is 0 Å². The minimum absolute atomic E-state index is 0.115. The van der Waals surface area contributed by atoms with Gasteiger partial charge in [0.15, 0.2) is 12.4 Å². The van der Waals surface area contributed by atoms with Crippen LogP contribution in [0, 0.1) is 29.6 Å². The van der Waals surface area contributed by atoms with Gasteiger partial charge in [-0.05, 0) is 41.6 Å². The summed E-state index contributed by atoms with van der Waals surface area (Å²) in [6, 6.07) is 15.3. The molecule has 2 aliphatic heterocycles. The van der Waals surface area contributed by atoms with E-state index in [-0.39, 0.29) is 30.1 Å². The Morgan fingerprint density at radius 2 is 1.82 bits per heavy atom. The summed E-state index contributed by atoms with van der Waals surface area (Å²) in [6.45, 7) is -0.323. The number of carbonyl (C=O) groups excluding carboxylic acids is 4. The Labute approximate surface area is 232 Å². The van der Waals surface area contributed by atoms with Gasteiger partial charge in [-0.15, -0.1) is 10.5 Å². The van der Waals surface area contributed by atoms with Gasteiger partial charge in [0.1, 0.15) is 18.0 Å². The number of hydrogen-bond donors (Lipinski definition) is 0. The molecular formula is C31H26O8S. The van der Waals surface area contributed by atoms with Gasteiger partial charge in [-0.3, -0.25) is 14.4 Å². The molecule has 2 saturated carbocycles. The molecule has 3 fully saturated rings. The SMILES string of the molecule is COC(=O)C1C2CC3C(OC(=O)C31)C2OC(=O)COc1ccc(S2=C3C=CC=CC3C(=O)c3ccccc32)cc1. The van der Waals surface area contributed by atoms with Gasteiger partial charge in [0.2, 0.25) is 0 Å². The van der Waals surface area contributed by atoms with Crippen LogP contribution in [0.1, 0.15) is 16.8 Å². The number of esters is 3. The molecule has 3 aliphatic carbocycles. The Bertz CT molecular complexity index is 1540.